The van der Waals surface area contributed by atoms with Gasteiger partial charge in [-0.25, -0.2) is 0 Å². The van der Waals surface area contributed by atoms with E-state index in [4.69, 9.17) is 4.74 Å². The molecule has 140 valence electrons. The Morgan fingerprint density at radius 3 is 2.42 bits per heavy atom. The number of hydrogen-bond donors (Lipinski definition) is 1. The van der Waals surface area contributed by atoms with Crippen LogP contribution in [0.15, 0.2) is 30.3 Å². The molecule has 0 aromatic heterocycles. The maximum atomic E-state index is 12.5. The summed E-state index contributed by atoms with van der Waals surface area (Å²) in [7, 11) is 0. The fourth-order valence-corrected chi connectivity index (χ4v) is 3.10. The van der Waals surface area contributed by atoms with E-state index >= 15 is 0 Å². The Labute approximate surface area is 157 Å². The Balaban J connectivity index is 2.04. The van der Waals surface area contributed by atoms with Gasteiger partial charge in [0.2, 0.25) is 0 Å². The third-order valence-corrected chi connectivity index (χ3v) is 4.95. The number of benzene rings is 2. The van der Waals surface area contributed by atoms with E-state index in [1.807, 2.05) is 19.9 Å². The summed E-state index contributed by atoms with van der Waals surface area (Å²) in [4.78, 5) is 12.5. The lowest BCUT2D eigenvalue weighted by Gasteiger charge is -2.18. The van der Waals surface area contributed by atoms with Crippen LogP contribution >= 0.6 is 0 Å². The third-order valence-electron chi connectivity index (χ3n) is 4.95. The Morgan fingerprint density at radius 1 is 1.04 bits per heavy atom. The van der Waals surface area contributed by atoms with Crippen LogP contribution in [-0.2, 0) is 24.2 Å². The fraction of sp³-hybridized carbons (Fsp3) is 0.435. The van der Waals surface area contributed by atoms with E-state index in [2.05, 4.69) is 50.4 Å². The van der Waals surface area contributed by atoms with Gasteiger partial charge in [0, 0.05) is 6.54 Å². The lowest BCUT2D eigenvalue weighted by atomic mass is 10.0. The molecule has 0 fully saturated rings. The van der Waals surface area contributed by atoms with E-state index in [9.17, 15) is 4.79 Å². The third kappa shape index (κ3) is 4.87. The normalized spacial score (nSPS) is 11.9. The second-order valence-electron chi connectivity index (χ2n) is 6.99. The highest BCUT2D eigenvalue weighted by Gasteiger charge is 2.16. The van der Waals surface area contributed by atoms with Gasteiger partial charge in [0.1, 0.15) is 5.75 Å². The summed E-state index contributed by atoms with van der Waals surface area (Å²) >= 11 is 0. The zero-order valence-corrected chi connectivity index (χ0v) is 16.9. The van der Waals surface area contributed by atoms with E-state index in [-0.39, 0.29) is 5.91 Å². The summed E-state index contributed by atoms with van der Waals surface area (Å²) in [6.45, 7) is 12.7. The summed E-state index contributed by atoms with van der Waals surface area (Å²) in [5.74, 6) is 0.694. The van der Waals surface area contributed by atoms with Crippen molar-refractivity contribution >= 4 is 5.91 Å². The number of carbonyl (C=O) groups excluding carboxylic acids is 1. The van der Waals surface area contributed by atoms with Gasteiger partial charge >= 0.3 is 0 Å². The van der Waals surface area contributed by atoms with Crippen LogP contribution in [0.5, 0.6) is 5.75 Å². The SMILES string of the molecule is CCc1ccc(CC)c(CNC(=O)[C@@H](C)Oc2cc(C)cc(C)c2C)c1. The minimum Gasteiger partial charge on any atom is -0.481 e. The molecule has 3 heteroatoms. The van der Waals surface area contributed by atoms with Gasteiger partial charge in [-0.1, -0.05) is 38.1 Å². The van der Waals surface area contributed by atoms with Gasteiger partial charge in [-0.05, 0) is 80.0 Å². The quantitative estimate of drug-likeness (QED) is 0.775. The molecule has 0 unspecified atom stereocenters. The van der Waals surface area contributed by atoms with Crippen LogP contribution in [0.3, 0.4) is 0 Å². The first-order chi connectivity index (χ1) is 12.3. The van der Waals surface area contributed by atoms with Gasteiger partial charge in [0.25, 0.3) is 5.91 Å². The smallest absolute Gasteiger partial charge is 0.261 e. The first kappa shape index (κ1) is 20.0. The number of nitrogens with one attached hydrogen (secondary N) is 1. The first-order valence-electron chi connectivity index (χ1n) is 9.48. The highest BCUT2D eigenvalue weighted by Crippen LogP contribution is 2.24. The van der Waals surface area contributed by atoms with E-state index in [0.29, 0.717) is 6.54 Å². The van der Waals surface area contributed by atoms with Crippen LogP contribution in [0.25, 0.3) is 0 Å². The number of aryl methyl sites for hydroxylation is 4. The summed E-state index contributed by atoms with van der Waals surface area (Å²) < 4.78 is 5.95. The Bertz CT molecular complexity index is 780. The first-order valence-corrected chi connectivity index (χ1v) is 9.48. The predicted molar refractivity (Wildman–Crippen MR) is 108 cm³/mol. The van der Waals surface area contributed by atoms with Crippen molar-refractivity contribution in [2.24, 2.45) is 0 Å². The molecular formula is C23H31NO2. The summed E-state index contributed by atoms with van der Waals surface area (Å²) in [5.41, 5.74) is 7.16. The van der Waals surface area contributed by atoms with Gasteiger partial charge in [0.15, 0.2) is 6.10 Å². The standard InChI is InChI=1S/C23H31NO2/c1-7-19-9-10-20(8-2)21(13-19)14-24-23(25)18(6)26-22-12-15(3)11-16(4)17(22)5/h9-13,18H,7-8,14H2,1-6H3,(H,24,25)/t18-/m1/s1. The van der Waals surface area contributed by atoms with Gasteiger partial charge < -0.3 is 10.1 Å². The molecule has 3 nitrogen and oxygen atoms in total. The largest absolute Gasteiger partial charge is 0.481 e. The van der Waals surface area contributed by atoms with Gasteiger partial charge in [-0.15, -0.1) is 0 Å². The van der Waals surface area contributed by atoms with Crippen LogP contribution < -0.4 is 10.1 Å². The summed E-state index contributed by atoms with van der Waals surface area (Å²) in [6.07, 6.45) is 1.42. The average Bonchev–Trinajstić information content (AvgIpc) is 2.63. The lowest BCUT2D eigenvalue weighted by molar-refractivity contribution is -0.127. The van der Waals surface area contributed by atoms with Gasteiger partial charge in [-0.2, -0.15) is 0 Å². The molecule has 0 aliphatic carbocycles. The highest BCUT2D eigenvalue weighted by molar-refractivity contribution is 5.80. The fourth-order valence-electron chi connectivity index (χ4n) is 3.10. The van der Waals surface area contributed by atoms with Crippen molar-refractivity contribution in [3.8, 4) is 5.75 Å². The predicted octanol–water partition coefficient (Wildman–Crippen LogP) is 4.82. The highest BCUT2D eigenvalue weighted by atomic mass is 16.5. The van der Waals surface area contributed by atoms with Crippen LogP contribution in [0, 0.1) is 20.8 Å². The second-order valence-corrected chi connectivity index (χ2v) is 6.99. The minimum atomic E-state index is -0.533. The molecule has 0 aliphatic heterocycles. The molecular weight excluding hydrogens is 322 g/mol. The van der Waals surface area contributed by atoms with Crippen LogP contribution in [-0.4, -0.2) is 12.0 Å². The summed E-state index contributed by atoms with van der Waals surface area (Å²) in [5, 5.41) is 3.03. The van der Waals surface area contributed by atoms with Gasteiger partial charge in [-0.3, -0.25) is 4.79 Å². The van der Waals surface area contributed by atoms with Crippen molar-refractivity contribution in [2.45, 2.75) is 67.0 Å². The number of amides is 1. The molecule has 0 saturated heterocycles. The van der Waals surface area contributed by atoms with E-state index in [0.717, 1.165) is 29.7 Å². The van der Waals surface area contributed by atoms with E-state index < -0.39 is 6.10 Å². The number of hydrogen-bond acceptors (Lipinski definition) is 2. The van der Waals surface area contributed by atoms with Crippen LogP contribution in [0.4, 0.5) is 0 Å². The molecule has 1 N–H and O–H groups in total. The summed E-state index contributed by atoms with van der Waals surface area (Å²) in [6, 6.07) is 10.6. The minimum absolute atomic E-state index is 0.0903. The number of rotatable bonds is 7. The monoisotopic (exact) mass is 353 g/mol. The van der Waals surface area contributed by atoms with E-state index in [1.54, 1.807) is 6.92 Å². The van der Waals surface area contributed by atoms with Crippen molar-refractivity contribution in [3.05, 3.63) is 63.7 Å². The van der Waals surface area contributed by atoms with Crippen molar-refractivity contribution in [3.63, 3.8) is 0 Å². The number of ether oxygens (including phenoxy) is 1. The maximum Gasteiger partial charge on any atom is 0.261 e. The molecule has 0 saturated carbocycles. The van der Waals surface area contributed by atoms with E-state index in [1.165, 1.54) is 22.3 Å². The molecule has 0 bridgehead atoms. The Kier molecular flexibility index (Phi) is 6.84. The molecule has 0 spiro atoms. The average molecular weight is 354 g/mol. The second kappa shape index (κ2) is 8.88. The molecule has 2 aromatic carbocycles. The molecule has 0 aliphatic rings. The Hall–Kier alpha value is -2.29. The van der Waals surface area contributed by atoms with Crippen molar-refractivity contribution in [1.82, 2.24) is 5.32 Å². The number of carbonyl (C=O) groups is 1. The van der Waals surface area contributed by atoms with Gasteiger partial charge in [0.05, 0.1) is 0 Å². The van der Waals surface area contributed by atoms with Crippen molar-refractivity contribution < 1.29 is 9.53 Å². The molecule has 1 amide bonds. The Morgan fingerprint density at radius 2 is 1.77 bits per heavy atom. The van der Waals surface area contributed by atoms with Crippen LogP contribution in [0.1, 0.15) is 54.2 Å². The zero-order valence-electron chi connectivity index (χ0n) is 16.9. The molecule has 2 rings (SSSR count). The lowest BCUT2D eigenvalue weighted by Crippen LogP contribution is -2.36. The maximum absolute atomic E-state index is 12.5. The topological polar surface area (TPSA) is 38.3 Å². The molecule has 0 radical (unpaired) electrons. The molecule has 0 heterocycles. The molecule has 26 heavy (non-hydrogen) atoms. The molecule has 2 aromatic rings. The van der Waals surface area contributed by atoms with Crippen LogP contribution in [0.2, 0.25) is 0 Å². The zero-order chi connectivity index (χ0) is 19.3. The van der Waals surface area contributed by atoms with Crippen molar-refractivity contribution in [2.75, 3.05) is 0 Å². The van der Waals surface area contributed by atoms with Crippen molar-refractivity contribution in [1.29, 1.82) is 0 Å². The molecule has 1 atom stereocenters.